The summed E-state index contributed by atoms with van der Waals surface area (Å²) >= 11 is 0. The average Bonchev–Trinajstić information content (AvgIpc) is 2.56. The van der Waals surface area contributed by atoms with Crippen molar-refractivity contribution in [2.24, 2.45) is 0 Å². The Labute approximate surface area is 176 Å². The van der Waals surface area contributed by atoms with E-state index in [-0.39, 0.29) is 17.4 Å². The van der Waals surface area contributed by atoms with Crippen molar-refractivity contribution < 1.29 is 39.6 Å². The van der Waals surface area contributed by atoms with Crippen LogP contribution in [-0.2, 0) is 9.36 Å². The zero-order valence-electron chi connectivity index (χ0n) is 18.9. The maximum Gasteiger partial charge on any atom is 0.325 e. The number of rotatable bonds is 2. The van der Waals surface area contributed by atoms with E-state index < -0.39 is 13.6 Å². The number of hydrogen-bond acceptors (Lipinski definition) is 5. The van der Waals surface area contributed by atoms with Crippen LogP contribution in [0.3, 0.4) is 0 Å². The molecule has 0 radical (unpaired) electrons. The lowest BCUT2D eigenvalue weighted by atomic mass is 9.87. The normalized spacial score (nSPS) is 19.2. The summed E-state index contributed by atoms with van der Waals surface area (Å²) in [7, 11) is -2.67. The molecule has 178 valence electrons. The first-order valence-electron chi connectivity index (χ1n) is 10.3. The fraction of sp³-hybridized carbons (Fsp3) is 0.950. The molecule has 29 heavy (non-hydrogen) atoms. The van der Waals surface area contributed by atoms with Crippen LogP contribution in [0.1, 0.15) is 98.3 Å². The minimum absolute atomic E-state index is 0.00694. The van der Waals surface area contributed by atoms with Crippen LogP contribution in [-0.4, -0.2) is 60.7 Å². The van der Waals surface area contributed by atoms with Crippen LogP contribution < -0.4 is 0 Å². The second kappa shape index (κ2) is 18.3. The van der Waals surface area contributed by atoms with Crippen molar-refractivity contribution in [3.63, 3.8) is 0 Å². The molecule has 0 saturated heterocycles. The molecular formula is C20H45O8P. The Hall–Kier alpha value is -0.500. The van der Waals surface area contributed by atoms with Crippen molar-refractivity contribution in [2.75, 3.05) is 13.3 Å². The van der Waals surface area contributed by atoms with Crippen molar-refractivity contribution >= 4 is 13.6 Å². The molecule has 9 heteroatoms. The maximum absolute atomic E-state index is 9.93. The van der Waals surface area contributed by atoms with Crippen molar-refractivity contribution in [3.8, 4) is 0 Å². The van der Waals surface area contributed by atoms with Gasteiger partial charge in [0.1, 0.15) is 0 Å². The van der Waals surface area contributed by atoms with E-state index in [1.807, 2.05) is 13.8 Å². The Bertz CT molecular complexity index is 390. The highest BCUT2D eigenvalue weighted by molar-refractivity contribution is 7.51. The number of carboxylic acid groups (broad SMARTS) is 1. The quantitative estimate of drug-likeness (QED) is 0.352. The number of aliphatic hydroxyl groups is 3. The topological polar surface area (TPSA) is 156 Å². The molecular weight excluding hydrogens is 399 g/mol. The van der Waals surface area contributed by atoms with Gasteiger partial charge in [0, 0.05) is 20.2 Å². The predicted octanol–water partition coefficient (Wildman–Crippen LogP) is 3.68. The summed E-state index contributed by atoms with van der Waals surface area (Å²) in [6, 6.07) is 0. The minimum atomic E-state index is -3.67. The van der Waals surface area contributed by atoms with Gasteiger partial charge in [-0.15, -0.1) is 0 Å². The molecule has 0 aliphatic heterocycles. The third kappa shape index (κ3) is 32.4. The summed E-state index contributed by atoms with van der Waals surface area (Å²) in [5.74, 6) is -0.833. The third-order valence-electron chi connectivity index (χ3n) is 4.38. The first kappa shape index (κ1) is 33.1. The molecule has 0 spiro atoms. The van der Waals surface area contributed by atoms with Crippen LogP contribution in [0.4, 0.5) is 0 Å². The SMILES string of the molecule is CC(=O)O.CC1(O)CCCCC1.CC1(O)CCCCC1.CCCP(=O)(O)O.CO. The molecule has 0 aromatic heterocycles. The number of carbonyl (C=O) groups is 1. The van der Waals surface area contributed by atoms with Gasteiger partial charge in [0.15, 0.2) is 0 Å². The highest BCUT2D eigenvalue weighted by Crippen LogP contribution is 2.34. The molecule has 2 fully saturated rings. The van der Waals surface area contributed by atoms with E-state index in [4.69, 9.17) is 24.8 Å². The Morgan fingerprint density at radius 3 is 1.14 bits per heavy atom. The fourth-order valence-corrected chi connectivity index (χ4v) is 3.50. The van der Waals surface area contributed by atoms with Crippen LogP contribution in [0.15, 0.2) is 0 Å². The summed E-state index contributed by atoms with van der Waals surface area (Å²) in [6.45, 7) is 6.69. The lowest BCUT2D eigenvalue weighted by Crippen LogP contribution is -2.26. The first-order chi connectivity index (χ1) is 13.2. The van der Waals surface area contributed by atoms with Gasteiger partial charge in [-0.1, -0.05) is 45.4 Å². The predicted molar refractivity (Wildman–Crippen MR) is 116 cm³/mol. The van der Waals surface area contributed by atoms with Crippen molar-refractivity contribution in [1.29, 1.82) is 0 Å². The van der Waals surface area contributed by atoms with E-state index in [0.717, 1.165) is 39.7 Å². The van der Waals surface area contributed by atoms with Gasteiger partial charge < -0.3 is 30.2 Å². The lowest BCUT2D eigenvalue weighted by Gasteiger charge is -2.27. The van der Waals surface area contributed by atoms with Crippen LogP contribution in [0.5, 0.6) is 0 Å². The van der Waals surface area contributed by atoms with Gasteiger partial charge in [-0.25, -0.2) is 0 Å². The van der Waals surface area contributed by atoms with Gasteiger partial charge in [0.2, 0.25) is 0 Å². The summed E-state index contributed by atoms with van der Waals surface area (Å²) in [6.07, 6.45) is 12.1. The van der Waals surface area contributed by atoms with Crippen LogP contribution in [0.2, 0.25) is 0 Å². The maximum atomic E-state index is 9.93. The lowest BCUT2D eigenvalue weighted by molar-refractivity contribution is -0.134. The molecule has 0 aromatic rings. The van der Waals surface area contributed by atoms with Crippen LogP contribution in [0, 0.1) is 0 Å². The number of aliphatic hydroxyl groups excluding tert-OH is 1. The summed E-state index contributed by atoms with van der Waals surface area (Å²) in [5.41, 5.74) is -0.642. The molecule has 2 rings (SSSR count). The van der Waals surface area contributed by atoms with Gasteiger partial charge in [-0.05, 0) is 46.0 Å². The molecule has 2 aliphatic rings. The van der Waals surface area contributed by atoms with Crippen molar-refractivity contribution in [3.05, 3.63) is 0 Å². The van der Waals surface area contributed by atoms with Gasteiger partial charge in [0.25, 0.3) is 5.97 Å². The fourth-order valence-electron chi connectivity index (χ4n) is 2.92. The van der Waals surface area contributed by atoms with Gasteiger partial charge in [0.05, 0.1) is 11.2 Å². The molecule has 0 aromatic carbocycles. The summed E-state index contributed by atoms with van der Waals surface area (Å²) < 4.78 is 9.93. The van der Waals surface area contributed by atoms with Gasteiger partial charge in [-0.2, -0.15) is 0 Å². The Morgan fingerprint density at radius 1 is 0.828 bits per heavy atom. The van der Waals surface area contributed by atoms with E-state index in [0.29, 0.717) is 6.42 Å². The smallest absolute Gasteiger partial charge is 0.325 e. The van der Waals surface area contributed by atoms with E-state index >= 15 is 0 Å². The highest BCUT2D eigenvalue weighted by Gasteiger charge is 2.22. The van der Waals surface area contributed by atoms with Crippen molar-refractivity contribution in [2.45, 2.75) is 110 Å². The molecule has 0 atom stereocenters. The average molecular weight is 445 g/mol. The molecule has 0 bridgehead atoms. The van der Waals surface area contributed by atoms with E-state index in [9.17, 15) is 14.8 Å². The second-order valence-electron chi connectivity index (χ2n) is 8.02. The second-order valence-corrected chi connectivity index (χ2v) is 9.80. The number of carboxylic acids is 1. The van der Waals surface area contributed by atoms with Gasteiger partial charge >= 0.3 is 7.60 Å². The standard InChI is InChI=1S/2C7H14O.C3H9O3P.C2H4O2.CH4O/c2*1-7(8)5-3-2-4-6-7;1-2-3-7(4,5)6;1-2(3)4;1-2/h2*8H,2-6H2,1H3;2-3H2,1H3,(H2,4,5,6);1H3,(H,3,4);2H,1H3. The molecule has 0 heterocycles. The third-order valence-corrected chi connectivity index (χ3v) is 5.41. The van der Waals surface area contributed by atoms with Crippen LogP contribution in [0.25, 0.3) is 0 Å². The molecule has 2 aliphatic carbocycles. The van der Waals surface area contributed by atoms with Gasteiger partial charge in [-0.3, -0.25) is 9.36 Å². The summed E-state index contributed by atoms with van der Waals surface area (Å²) in [4.78, 5) is 25.3. The molecule has 8 nitrogen and oxygen atoms in total. The Kier molecular flexibility index (Phi) is 20.9. The number of hydrogen-bond donors (Lipinski definition) is 6. The Balaban J connectivity index is -0.000000310. The Morgan fingerprint density at radius 2 is 1.07 bits per heavy atom. The molecule has 0 unspecified atom stereocenters. The number of aliphatic carboxylic acids is 1. The molecule has 2 saturated carbocycles. The zero-order valence-corrected chi connectivity index (χ0v) is 19.8. The molecule has 6 N–H and O–H groups in total. The largest absolute Gasteiger partial charge is 0.481 e. The van der Waals surface area contributed by atoms with Crippen molar-refractivity contribution in [1.82, 2.24) is 0 Å². The summed E-state index contributed by atoms with van der Waals surface area (Å²) in [5, 5.41) is 33.2. The van der Waals surface area contributed by atoms with E-state index in [1.54, 1.807) is 6.92 Å². The first-order valence-corrected chi connectivity index (χ1v) is 12.1. The van der Waals surface area contributed by atoms with E-state index in [1.165, 1.54) is 38.5 Å². The highest BCUT2D eigenvalue weighted by atomic mass is 31.2. The molecule has 0 amide bonds. The van der Waals surface area contributed by atoms with E-state index in [2.05, 4.69) is 0 Å². The minimum Gasteiger partial charge on any atom is -0.481 e. The monoisotopic (exact) mass is 444 g/mol. The van der Waals surface area contributed by atoms with Crippen LogP contribution >= 0.6 is 7.60 Å². The zero-order chi connectivity index (χ0) is 23.6.